The fourth-order valence-corrected chi connectivity index (χ4v) is 2.54. The van der Waals surface area contributed by atoms with Crippen molar-refractivity contribution in [2.75, 3.05) is 6.54 Å². The van der Waals surface area contributed by atoms with Crippen molar-refractivity contribution in [1.29, 1.82) is 0 Å². The number of likely N-dealkylation sites (tertiary alicyclic amines) is 1. The van der Waals surface area contributed by atoms with E-state index >= 15 is 0 Å². The summed E-state index contributed by atoms with van der Waals surface area (Å²) in [6.45, 7) is 4.68. The minimum Gasteiger partial charge on any atom is -0.335 e. The Bertz CT molecular complexity index is 408. The smallest absolute Gasteiger partial charge is 0.227 e. The summed E-state index contributed by atoms with van der Waals surface area (Å²) in [5, 5.41) is 0. The molecule has 3 atom stereocenters. The summed E-state index contributed by atoms with van der Waals surface area (Å²) >= 11 is 0. The van der Waals surface area contributed by atoms with Crippen LogP contribution in [0.1, 0.15) is 38.3 Å². The van der Waals surface area contributed by atoms with Crippen molar-refractivity contribution in [2.24, 2.45) is 11.7 Å². The van der Waals surface area contributed by atoms with Gasteiger partial charge in [-0.3, -0.25) is 4.79 Å². The summed E-state index contributed by atoms with van der Waals surface area (Å²) in [5.41, 5.74) is 7.08. The van der Waals surface area contributed by atoms with Crippen LogP contribution in [0.25, 0.3) is 0 Å². The molecule has 106 valence electrons. The van der Waals surface area contributed by atoms with Crippen LogP contribution in [0.2, 0.25) is 0 Å². The zero-order chi connectivity index (χ0) is 13.1. The molecule has 0 aliphatic carbocycles. The topological polar surface area (TPSA) is 46.3 Å². The van der Waals surface area contributed by atoms with Gasteiger partial charge in [0.2, 0.25) is 5.91 Å². The Morgan fingerprint density at radius 2 is 1.95 bits per heavy atom. The second-order valence-electron chi connectivity index (χ2n) is 5.25. The molecule has 1 aromatic rings. The third-order valence-electron chi connectivity index (χ3n) is 3.90. The Hall–Kier alpha value is -1.06. The molecular weight excluding hydrogens is 260 g/mol. The van der Waals surface area contributed by atoms with Crippen molar-refractivity contribution in [1.82, 2.24) is 4.90 Å². The fourth-order valence-electron chi connectivity index (χ4n) is 2.54. The van der Waals surface area contributed by atoms with Gasteiger partial charge in [-0.15, -0.1) is 12.4 Å². The van der Waals surface area contributed by atoms with Crippen LogP contribution in [0.3, 0.4) is 0 Å². The van der Waals surface area contributed by atoms with E-state index in [9.17, 15) is 4.79 Å². The highest BCUT2D eigenvalue weighted by molar-refractivity contribution is 5.85. The first-order valence-electron chi connectivity index (χ1n) is 6.72. The van der Waals surface area contributed by atoms with Gasteiger partial charge < -0.3 is 10.6 Å². The van der Waals surface area contributed by atoms with Crippen LogP contribution in [0.4, 0.5) is 0 Å². The summed E-state index contributed by atoms with van der Waals surface area (Å²) in [6.07, 6.45) is 2.14. The zero-order valence-corrected chi connectivity index (χ0v) is 12.4. The molecule has 1 heterocycles. The molecule has 19 heavy (non-hydrogen) atoms. The van der Waals surface area contributed by atoms with Crippen LogP contribution < -0.4 is 5.73 Å². The number of rotatable bonds is 3. The molecule has 1 aliphatic heterocycles. The highest BCUT2D eigenvalue weighted by Crippen LogP contribution is 2.33. The van der Waals surface area contributed by atoms with Crippen molar-refractivity contribution in [2.45, 2.75) is 38.8 Å². The summed E-state index contributed by atoms with van der Waals surface area (Å²) in [6, 6.07) is 10.4. The minimum absolute atomic E-state index is 0. The number of hydrogen-bond acceptors (Lipinski definition) is 2. The number of carbonyl (C=O) groups is 1. The predicted octanol–water partition coefficient (Wildman–Crippen LogP) is 2.76. The van der Waals surface area contributed by atoms with Crippen LogP contribution in [0.5, 0.6) is 0 Å². The van der Waals surface area contributed by atoms with E-state index in [0.29, 0.717) is 0 Å². The first-order valence-corrected chi connectivity index (χ1v) is 6.72. The highest BCUT2D eigenvalue weighted by atomic mass is 35.5. The Kier molecular flexibility index (Phi) is 5.83. The normalized spacial score (nSPS) is 21.6. The number of halogens is 1. The number of carbonyl (C=O) groups excluding carboxylic acids is 1. The molecule has 4 heteroatoms. The van der Waals surface area contributed by atoms with Gasteiger partial charge in [0.1, 0.15) is 0 Å². The lowest BCUT2D eigenvalue weighted by atomic mass is 10.00. The van der Waals surface area contributed by atoms with E-state index in [1.807, 2.05) is 36.9 Å². The Balaban J connectivity index is 0.00000180. The van der Waals surface area contributed by atoms with Gasteiger partial charge in [0.25, 0.3) is 0 Å². The van der Waals surface area contributed by atoms with Crippen molar-refractivity contribution in [3.05, 3.63) is 35.9 Å². The van der Waals surface area contributed by atoms with E-state index in [1.54, 1.807) is 0 Å². The van der Waals surface area contributed by atoms with E-state index in [2.05, 4.69) is 12.1 Å². The third-order valence-corrected chi connectivity index (χ3v) is 3.90. The van der Waals surface area contributed by atoms with Crippen LogP contribution in [-0.4, -0.2) is 23.4 Å². The molecule has 1 aromatic carbocycles. The van der Waals surface area contributed by atoms with E-state index < -0.39 is 0 Å². The van der Waals surface area contributed by atoms with Gasteiger partial charge in [-0.2, -0.15) is 0 Å². The van der Waals surface area contributed by atoms with E-state index in [-0.39, 0.29) is 36.3 Å². The maximum Gasteiger partial charge on any atom is 0.227 e. The summed E-state index contributed by atoms with van der Waals surface area (Å²) in [7, 11) is 0. The lowest BCUT2D eigenvalue weighted by Crippen LogP contribution is -2.41. The van der Waals surface area contributed by atoms with E-state index in [4.69, 9.17) is 5.73 Å². The number of amides is 1. The molecule has 1 fully saturated rings. The lowest BCUT2D eigenvalue weighted by Gasteiger charge is -2.29. The molecule has 0 spiro atoms. The number of nitrogens with zero attached hydrogens (tertiary/aromatic N) is 1. The van der Waals surface area contributed by atoms with Crippen molar-refractivity contribution < 1.29 is 4.79 Å². The molecule has 0 bridgehead atoms. The molecule has 2 rings (SSSR count). The van der Waals surface area contributed by atoms with Crippen molar-refractivity contribution >= 4 is 18.3 Å². The standard InChI is InChI=1S/C15H22N2O.ClH/c1-11(12(2)16)15(18)17-10-6-9-14(17)13-7-4-3-5-8-13;/h3-5,7-8,11-12,14H,6,9-10,16H2,1-2H3;1H. The average Bonchev–Trinajstić information content (AvgIpc) is 2.87. The van der Waals surface area contributed by atoms with Gasteiger partial charge in [-0.1, -0.05) is 37.3 Å². The van der Waals surface area contributed by atoms with Gasteiger partial charge in [0.15, 0.2) is 0 Å². The van der Waals surface area contributed by atoms with Gasteiger partial charge in [0.05, 0.1) is 12.0 Å². The van der Waals surface area contributed by atoms with Crippen LogP contribution in [-0.2, 0) is 4.79 Å². The Morgan fingerprint density at radius 1 is 1.32 bits per heavy atom. The number of hydrogen-bond donors (Lipinski definition) is 1. The van der Waals surface area contributed by atoms with E-state index in [1.165, 1.54) is 5.56 Å². The molecule has 0 aromatic heterocycles. The summed E-state index contributed by atoms with van der Waals surface area (Å²) < 4.78 is 0. The first kappa shape index (κ1) is 16.0. The maximum atomic E-state index is 12.4. The molecular formula is C15H23ClN2O. The first-order chi connectivity index (χ1) is 8.61. The van der Waals surface area contributed by atoms with Gasteiger partial charge in [-0.25, -0.2) is 0 Å². The molecule has 1 amide bonds. The Morgan fingerprint density at radius 3 is 2.53 bits per heavy atom. The Labute approximate surface area is 121 Å². The largest absolute Gasteiger partial charge is 0.335 e. The number of benzene rings is 1. The lowest BCUT2D eigenvalue weighted by molar-refractivity contribution is -0.136. The molecule has 2 N–H and O–H groups in total. The maximum absolute atomic E-state index is 12.4. The molecule has 3 nitrogen and oxygen atoms in total. The second-order valence-corrected chi connectivity index (χ2v) is 5.25. The number of nitrogens with two attached hydrogens (primary N) is 1. The minimum atomic E-state index is -0.102. The summed E-state index contributed by atoms with van der Waals surface area (Å²) in [5.74, 6) is 0.0886. The second kappa shape index (κ2) is 6.92. The third kappa shape index (κ3) is 3.48. The average molecular weight is 283 g/mol. The van der Waals surface area contributed by atoms with Gasteiger partial charge in [0, 0.05) is 12.6 Å². The predicted molar refractivity (Wildman–Crippen MR) is 80.2 cm³/mol. The zero-order valence-electron chi connectivity index (χ0n) is 11.6. The molecule has 1 aliphatic rings. The quantitative estimate of drug-likeness (QED) is 0.927. The monoisotopic (exact) mass is 282 g/mol. The van der Waals surface area contributed by atoms with Crippen LogP contribution in [0, 0.1) is 5.92 Å². The molecule has 1 saturated heterocycles. The molecule has 3 unspecified atom stereocenters. The SMILES string of the molecule is CC(N)C(C)C(=O)N1CCCC1c1ccccc1.Cl. The summed E-state index contributed by atoms with van der Waals surface area (Å²) in [4.78, 5) is 14.4. The van der Waals surface area contributed by atoms with Crippen molar-refractivity contribution in [3.8, 4) is 0 Å². The molecule has 0 saturated carbocycles. The fraction of sp³-hybridized carbons (Fsp3) is 0.533. The van der Waals surface area contributed by atoms with Gasteiger partial charge >= 0.3 is 0 Å². The van der Waals surface area contributed by atoms with Crippen LogP contribution in [0.15, 0.2) is 30.3 Å². The van der Waals surface area contributed by atoms with Crippen LogP contribution >= 0.6 is 12.4 Å². The highest BCUT2D eigenvalue weighted by Gasteiger charge is 2.33. The van der Waals surface area contributed by atoms with E-state index in [0.717, 1.165) is 19.4 Å². The van der Waals surface area contributed by atoms with Crippen molar-refractivity contribution in [3.63, 3.8) is 0 Å². The molecule has 0 radical (unpaired) electrons. The van der Waals surface area contributed by atoms with Gasteiger partial charge in [-0.05, 0) is 25.3 Å².